The first kappa shape index (κ1) is 8.70. The van der Waals surface area contributed by atoms with Gasteiger partial charge in [0.25, 0.3) is 0 Å². The van der Waals surface area contributed by atoms with Crippen LogP contribution in [0, 0.1) is 5.82 Å². The number of hydrogen-bond donors (Lipinski definition) is 0. The monoisotopic (exact) mass is 179 g/mol. The van der Waals surface area contributed by atoms with Crippen LogP contribution in [-0.4, -0.2) is 25.0 Å². The minimum atomic E-state index is -0.143. The summed E-state index contributed by atoms with van der Waals surface area (Å²) in [5.74, 6) is 0.459. The van der Waals surface area contributed by atoms with E-state index in [2.05, 4.69) is 11.9 Å². The Labute approximate surface area is 78.2 Å². The molecule has 0 unspecified atom stereocenters. The van der Waals surface area contributed by atoms with Gasteiger partial charge in [-0.25, -0.2) is 4.39 Å². The van der Waals surface area contributed by atoms with Crippen LogP contribution in [0.1, 0.15) is 17.9 Å². The molecule has 1 atom stereocenters. The van der Waals surface area contributed by atoms with Gasteiger partial charge in [-0.3, -0.25) is 0 Å². The molecule has 1 aromatic rings. The summed E-state index contributed by atoms with van der Waals surface area (Å²) in [6, 6.07) is 6.90. The van der Waals surface area contributed by atoms with Crippen molar-refractivity contribution >= 4 is 0 Å². The van der Waals surface area contributed by atoms with Crippen molar-refractivity contribution in [2.75, 3.05) is 20.1 Å². The normalized spacial score (nSPS) is 23.7. The van der Waals surface area contributed by atoms with E-state index in [1.165, 1.54) is 12.0 Å². The number of likely N-dealkylation sites (tertiary alicyclic amines) is 1. The predicted octanol–water partition coefficient (Wildman–Crippen LogP) is 2.24. The topological polar surface area (TPSA) is 3.24 Å². The lowest BCUT2D eigenvalue weighted by Crippen LogP contribution is -2.13. The quantitative estimate of drug-likeness (QED) is 0.639. The van der Waals surface area contributed by atoms with Crippen LogP contribution in [0.5, 0.6) is 0 Å². The zero-order valence-corrected chi connectivity index (χ0v) is 7.83. The number of rotatable bonds is 1. The molecule has 70 valence electrons. The Morgan fingerprint density at radius 1 is 1.31 bits per heavy atom. The van der Waals surface area contributed by atoms with Gasteiger partial charge >= 0.3 is 0 Å². The van der Waals surface area contributed by atoms with Gasteiger partial charge in [-0.1, -0.05) is 12.1 Å². The van der Waals surface area contributed by atoms with Crippen LogP contribution in [0.4, 0.5) is 4.39 Å². The Morgan fingerprint density at radius 3 is 2.54 bits per heavy atom. The van der Waals surface area contributed by atoms with Gasteiger partial charge in [-0.2, -0.15) is 0 Å². The summed E-state index contributed by atoms with van der Waals surface area (Å²) in [5, 5.41) is 0. The summed E-state index contributed by atoms with van der Waals surface area (Å²) in [7, 11) is 2.13. The second kappa shape index (κ2) is 3.46. The van der Waals surface area contributed by atoms with E-state index in [9.17, 15) is 4.39 Å². The molecule has 13 heavy (non-hydrogen) atoms. The van der Waals surface area contributed by atoms with Crippen molar-refractivity contribution in [1.82, 2.24) is 4.90 Å². The highest BCUT2D eigenvalue weighted by molar-refractivity contribution is 5.21. The molecule has 0 spiro atoms. The molecule has 1 saturated heterocycles. The third-order valence-corrected chi connectivity index (χ3v) is 2.73. The van der Waals surface area contributed by atoms with E-state index < -0.39 is 0 Å². The maximum Gasteiger partial charge on any atom is 0.123 e. The van der Waals surface area contributed by atoms with E-state index in [1.807, 2.05) is 12.1 Å². The van der Waals surface area contributed by atoms with Gasteiger partial charge in [-0.15, -0.1) is 0 Å². The van der Waals surface area contributed by atoms with Crippen molar-refractivity contribution in [3.8, 4) is 0 Å². The number of halogens is 1. The van der Waals surface area contributed by atoms with Crippen molar-refractivity contribution < 1.29 is 4.39 Å². The molecular formula is C11H14FN. The molecule has 1 nitrogen and oxygen atoms in total. The van der Waals surface area contributed by atoms with Gasteiger partial charge in [0.2, 0.25) is 0 Å². The van der Waals surface area contributed by atoms with Gasteiger partial charge in [-0.05, 0) is 43.6 Å². The molecule has 1 aliphatic heterocycles. The van der Waals surface area contributed by atoms with Gasteiger partial charge in [0.1, 0.15) is 5.82 Å². The first-order valence-electron chi connectivity index (χ1n) is 4.70. The molecule has 2 heteroatoms. The molecule has 0 aliphatic carbocycles. The molecule has 0 saturated carbocycles. The van der Waals surface area contributed by atoms with Crippen molar-refractivity contribution in [2.45, 2.75) is 12.3 Å². The Hall–Kier alpha value is -0.890. The van der Waals surface area contributed by atoms with Crippen LogP contribution < -0.4 is 0 Å². The van der Waals surface area contributed by atoms with Crippen LogP contribution in [0.3, 0.4) is 0 Å². The molecule has 1 aromatic carbocycles. The number of nitrogens with zero attached hydrogens (tertiary/aromatic N) is 1. The summed E-state index contributed by atoms with van der Waals surface area (Å²) in [6.45, 7) is 2.26. The Bertz CT molecular complexity index is 281. The van der Waals surface area contributed by atoms with E-state index in [4.69, 9.17) is 0 Å². The zero-order valence-electron chi connectivity index (χ0n) is 7.83. The fourth-order valence-electron chi connectivity index (χ4n) is 1.94. The predicted molar refractivity (Wildman–Crippen MR) is 51.3 cm³/mol. The van der Waals surface area contributed by atoms with Crippen molar-refractivity contribution in [3.05, 3.63) is 35.6 Å². The lowest BCUT2D eigenvalue weighted by atomic mass is 9.99. The van der Waals surface area contributed by atoms with Crippen LogP contribution in [0.25, 0.3) is 0 Å². The van der Waals surface area contributed by atoms with Gasteiger partial charge in [0, 0.05) is 6.54 Å². The minimum Gasteiger partial charge on any atom is -0.306 e. The third-order valence-electron chi connectivity index (χ3n) is 2.73. The van der Waals surface area contributed by atoms with Crippen molar-refractivity contribution in [3.63, 3.8) is 0 Å². The van der Waals surface area contributed by atoms with Crippen molar-refractivity contribution in [2.24, 2.45) is 0 Å². The lowest BCUT2D eigenvalue weighted by molar-refractivity contribution is 0.411. The molecule has 2 rings (SSSR count). The number of benzene rings is 1. The van der Waals surface area contributed by atoms with Gasteiger partial charge < -0.3 is 4.90 Å². The fraction of sp³-hybridized carbons (Fsp3) is 0.455. The lowest BCUT2D eigenvalue weighted by Gasteiger charge is -2.10. The third kappa shape index (κ3) is 1.89. The first-order chi connectivity index (χ1) is 6.25. The molecule has 0 N–H and O–H groups in total. The summed E-state index contributed by atoms with van der Waals surface area (Å²) in [6.07, 6.45) is 1.20. The van der Waals surface area contributed by atoms with Crippen LogP contribution in [0.2, 0.25) is 0 Å². The van der Waals surface area contributed by atoms with E-state index in [-0.39, 0.29) is 5.82 Å². The highest BCUT2D eigenvalue weighted by Crippen LogP contribution is 2.25. The Balaban J connectivity index is 2.13. The standard InChI is InChI=1S/C11H14FN/c1-13-7-6-10(8-13)9-2-4-11(12)5-3-9/h2-5,10H,6-8H2,1H3/t10-/m0/s1. The SMILES string of the molecule is CN1CC[C@H](c2ccc(F)cc2)C1. The van der Waals surface area contributed by atoms with Gasteiger partial charge in [0.05, 0.1) is 0 Å². The Morgan fingerprint density at radius 2 is 2.00 bits per heavy atom. The summed E-state index contributed by atoms with van der Waals surface area (Å²) in [5.41, 5.74) is 1.27. The largest absolute Gasteiger partial charge is 0.306 e. The van der Waals surface area contributed by atoms with Crippen LogP contribution >= 0.6 is 0 Å². The summed E-state index contributed by atoms with van der Waals surface area (Å²) in [4.78, 5) is 2.31. The molecule has 0 radical (unpaired) electrons. The minimum absolute atomic E-state index is 0.143. The maximum atomic E-state index is 12.6. The van der Waals surface area contributed by atoms with E-state index in [1.54, 1.807) is 12.1 Å². The highest BCUT2D eigenvalue weighted by atomic mass is 19.1. The summed E-state index contributed by atoms with van der Waals surface area (Å²) >= 11 is 0. The van der Waals surface area contributed by atoms with Crippen LogP contribution in [-0.2, 0) is 0 Å². The second-order valence-electron chi connectivity index (χ2n) is 3.80. The average Bonchev–Trinajstić information content (AvgIpc) is 2.53. The Kier molecular flexibility index (Phi) is 2.32. The number of likely N-dealkylation sites (N-methyl/N-ethyl adjacent to an activating group) is 1. The van der Waals surface area contributed by atoms with E-state index in [0.717, 1.165) is 13.1 Å². The highest BCUT2D eigenvalue weighted by Gasteiger charge is 2.20. The van der Waals surface area contributed by atoms with E-state index in [0.29, 0.717) is 5.92 Å². The smallest absolute Gasteiger partial charge is 0.123 e. The molecular weight excluding hydrogens is 165 g/mol. The fourth-order valence-corrected chi connectivity index (χ4v) is 1.94. The summed E-state index contributed by atoms with van der Waals surface area (Å²) < 4.78 is 12.6. The van der Waals surface area contributed by atoms with Gasteiger partial charge in [0.15, 0.2) is 0 Å². The molecule has 0 amide bonds. The number of hydrogen-bond acceptors (Lipinski definition) is 1. The zero-order chi connectivity index (χ0) is 9.26. The van der Waals surface area contributed by atoms with Crippen molar-refractivity contribution in [1.29, 1.82) is 0 Å². The molecule has 0 bridgehead atoms. The molecule has 1 heterocycles. The van der Waals surface area contributed by atoms with E-state index >= 15 is 0 Å². The molecule has 0 aromatic heterocycles. The molecule has 1 aliphatic rings. The molecule has 1 fully saturated rings. The second-order valence-corrected chi connectivity index (χ2v) is 3.80. The average molecular weight is 179 g/mol. The first-order valence-corrected chi connectivity index (χ1v) is 4.70. The van der Waals surface area contributed by atoms with Crippen LogP contribution in [0.15, 0.2) is 24.3 Å². The maximum absolute atomic E-state index is 12.6.